The average Bonchev–Trinajstić information content (AvgIpc) is 3.25. The first-order valence-electron chi connectivity index (χ1n) is 10.3. The molecule has 8 heteroatoms. The van der Waals surface area contributed by atoms with Gasteiger partial charge in [0.15, 0.2) is 0 Å². The molecular weight excluding hydrogens is 411 g/mol. The Hall–Kier alpha value is -3.78. The minimum absolute atomic E-state index is 0.192. The Morgan fingerprint density at radius 3 is 2.88 bits per heavy atom. The fourth-order valence-corrected chi connectivity index (χ4v) is 4.09. The monoisotopic (exact) mass is 432 g/mol. The average molecular weight is 432 g/mol. The van der Waals surface area contributed by atoms with Crippen molar-refractivity contribution >= 4 is 33.6 Å². The second kappa shape index (κ2) is 8.05. The molecule has 162 valence electrons. The topological polar surface area (TPSA) is 87.3 Å². The zero-order chi connectivity index (χ0) is 22.2. The van der Waals surface area contributed by atoms with Crippen molar-refractivity contribution < 1.29 is 18.7 Å². The first kappa shape index (κ1) is 20.1. The van der Waals surface area contributed by atoms with Crippen molar-refractivity contribution in [2.45, 2.75) is 6.10 Å². The summed E-state index contributed by atoms with van der Waals surface area (Å²) in [6.45, 7) is 1.06. The molecule has 2 amide bonds. The molecule has 1 atom stereocenters. The zero-order valence-electron chi connectivity index (χ0n) is 17.4. The van der Waals surface area contributed by atoms with Gasteiger partial charge in [-0.3, -0.25) is 9.59 Å². The highest BCUT2D eigenvalue weighted by Crippen LogP contribution is 2.27. The number of pyridine rings is 1. The number of para-hydroxylation sites is 1. The molecule has 0 bridgehead atoms. The molecule has 0 radical (unpaired) electrons. The summed E-state index contributed by atoms with van der Waals surface area (Å²) in [5, 5.41) is 4.06. The summed E-state index contributed by atoms with van der Waals surface area (Å²) in [6.07, 6.45) is -0.470. The van der Waals surface area contributed by atoms with Crippen molar-refractivity contribution in [2.75, 3.05) is 26.7 Å². The summed E-state index contributed by atoms with van der Waals surface area (Å²) in [5.74, 6) is -0.752. The number of rotatable bonds is 3. The van der Waals surface area contributed by atoms with E-state index in [0.717, 1.165) is 5.39 Å². The number of hydrogen-bond acceptors (Lipinski definition) is 4. The highest BCUT2D eigenvalue weighted by Gasteiger charge is 2.29. The van der Waals surface area contributed by atoms with Gasteiger partial charge in [-0.1, -0.05) is 18.2 Å². The van der Waals surface area contributed by atoms with Gasteiger partial charge in [-0.2, -0.15) is 0 Å². The normalized spacial score (nSPS) is 16.4. The lowest BCUT2D eigenvalue weighted by Crippen LogP contribution is -2.42. The van der Waals surface area contributed by atoms with E-state index in [-0.39, 0.29) is 17.6 Å². The van der Waals surface area contributed by atoms with Gasteiger partial charge in [0.25, 0.3) is 11.8 Å². The van der Waals surface area contributed by atoms with E-state index in [1.807, 2.05) is 24.3 Å². The number of halogens is 1. The molecule has 3 heterocycles. The molecule has 1 fully saturated rings. The molecule has 2 aromatic carbocycles. The Morgan fingerprint density at radius 2 is 2.03 bits per heavy atom. The number of hydrogen-bond donors (Lipinski definition) is 2. The van der Waals surface area contributed by atoms with Gasteiger partial charge in [0.2, 0.25) is 0 Å². The third-order valence-corrected chi connectivity index (χ3v) is 5.70. The fourth-order valence-electron chi connectivity index (χ4n) is 4.09. The molecular formula is C24H21FN4O3. The Labute approximate surface area is 183 Å². The lowest BCUT2D eigenvalue weighted by molar-refractivity contribution is -0.0247. The number of amides is 2. The summed E-state index contributed by atoms with van der Waals surface area (Å²) >= 11 is 0. The van der Waals surface area contributed by atoms with E-state index < -0.39 is 6.10 Å². The molecule has 1 unspecified atom stereocenters. The quantitative estimate of drug-likeness (QED) is 0.519. The molecule has 4 aromatic rings. The van der Waals surface area contributed by atoms with Crippen molar-refractivity contribution in [1.82, 2.24) is 20.2 Å². The van der Waals surface area contributed by atoms with Crippen LogP contribution in [0.3, 0.4) is 0 Å². The largest absolute Gasteiger partial charge is 0.368 e. The van der Waals surface area contributed by atoms with Gasteiger partial charge in [0, 0.05) is 29.9 Å². The molecule has 1 aliphatic heterocycles. The fraction of sp³-hybridized carbons (Fsp3) is 0.208. The number of fused-ring (bicyclic) bond motifs is 2. The second-order valence-electron chi connectivity index (χ2n) is 7.72. The van der Waals surface area contributed by atoms with E-state index in [9.17, 15) is 14.0 Å². The second-order valence-corrected chi connectivity index (χ2v) is 7.72. The standard InChI is InChI=1S/C24H21FN4O3/c1-26-23(30)17-12-20(28-19-5-3-2-4-16(17)19)22-13-29(8-9-32-22)24(31)21-11-14-10-15(25)6-7-18(14)27-21/h2-7,10-12,22,27H,8-9,13H2,1H3,(H,26,30). The van der Waals surface area contributed by atoms with E-state index in [2.05, 4.69) is 10.3 Å². The summed E-state index contributed by atoms with van der Waals surface area (Å²) in [5.41, 5.74) is 2.89. The molecule has 32 heavy (non-hydrogen) atoms. The van der Waals surface area contributed by atoms with Crippen molar-refractivity contribution in [1.29, 1.82) is 0 Å². The molecule has 2 N–H and O–H groups in total. The van der Waals surface area contributed by atoms with Gasteiger partial charge in [-0.25, -0.2) is 9.37 Å². The summed E-state index contributed by atoms with van der Waals surface area (Å²) in [7, 11) is 1.58. The third kappa shape index (κ3) is 3.58. The lowest BCUT2D eigenvalue weighted by Gasteiger charge is -2.32. The number of nitrogens with one attached hydrogen (secondary N) is 2. The first-order chi connectivity index (χ1) is 15.5. The highest BCUT2D eigenvalue weighted by atomic mass is 19.1. The van der Waals surface area contributed by atoms with Crippen LogP contribution in [0.15, 0.2) is 54.6 Å². The van der Waals surface area contributed by atoms with Gasteiger partial charge in [0.1, 0.15) is 17.6 Å². The van der Waals surface area contributed by atoms with E-state index in [4.69, 9.17) is 9.72 Å². The maximum Gasteiger partial charge on any atom is 0.270 e. The Balaban J connectivity index is 1.45. The molecule has 1 aliphatic rings. The number of morpholine rings is 1. The molecule has 5 rings (SSSR count). The van der Waals surface area contributed by atoms with E-state index >= 15 is 0 Å². The first-order valence-corrected chi connectivity index (χ1v) is 10.3. The number of aromatic nitrogens is 2. The molecule has 2 aromatic heterocycles. The van der Waals surface area contributed by atoms with Gasteiger partial charge < -0.3 is 19.9 Å². The highest BCUT2D eigenvalue weighted by molar-refractivity contribution is 6.06. The van der Waals surface area contributed by atoms with Crippen LogP contribution in [0.1, 0.15) is 32.6 Å². The Kier molecular flexibility index (Phi) is 5.07. The maximum atomic E-state index is 13.5. The maximum absolute atomic E-state index is 13.5. The predicted molar refractivity (Wildman–Crippen MR) is 118 cm³/mol. The van der Waals surface area contributed by atoms with Gasteiger partial charge >= 0.3 is 0 Å². The predicted octanol–water partition coefficient (Wildman–Crippen LogP) is 3.43. The van der Waals surface area contributed by atoms with Crippen molar-refractivity contribution in [2.24, 2.45) is 0 Å². The number of benzene rings is 2. The Bertz CT molecular complexity index is 1350. The summed E-state index contributed by atoms with van der Waals surface area (Å²) in [6, 6.07) is 15.2. The number of nitrogens with zero attached hydrogens (tertiary/aromatic N) is 2. The smallest absolute Gasteiger partial charge is 0.270 e. The number of aromatic amines is 1. The van der Waals surface area contributed by atoms with Crippen LogP contribution in [-0.2, 0) is 4.74 Å². The number of H-pyrrole nitrogens is 1. The minimum Gasteiger partial charge on any atom is -0.368 e. The van der Waals surface area contributed by atoms with Gasteiger partial charge in [0.05, 0.1) is 29.9 Å². The van der Waals surface area contributed by atoms with Crippen LogP contribution in [0, 0.1) is 5.82 Å². The van der Waals surface area contributed by atoms with Gasteiger partial charge in [-0.05, 0) is 36.4 Å². The zero-order valence-corrected chi connectivity index (χ0v) is 17.4. The van der Waals surface area contributed by atoms with Crippen LogP contribution in [0.2, 0.25) is 0 Å². The number of carbonyl (C=O) groups is 2. The van der Waals surface area contributed by atoms with E-state index in [0.29, 0.717) is 53.1 Å². The minimum atomic E-state index is -0.470. The van der Waals surface area contributed by atoms with Crippen molar-refractivity contribution in [3.63, 3.8) is 0 Å². The van der Waals surface area contributed by atoms with Crippen LogP contribution in [-0.4, -0.2) is 53.4 Å². The number of ether oxygens (including phenoxy) is 1. The molecule has 1 saturated heterocycles. The Morgan fingerprint density at radius 1 is 1.19 bits per heavy atom. The number of carbonyl (C=O) groups excluding carboxylic acids is 2. The lowest BCUT2D eigenvalue weighted by atomic mass is 10.0. The summed E-state index contributed by atoms with van der Waals surface area (Å²) < 4.78 is 19.4. The summed E-state index contributed by atoms with van der Waals surface area (Å²) in [4.78, 5) is 35.0. The van der Waals surface area contributed by atoms with Crippen LogP contribution >= 0.6 is 0 Å². The third-order valence-electron chi connectivity index (χ3n) is 5.70. The SMILES string of the molecule is CNC(=O)c1cc(C2CN(C(=O)c3cc4cc(F)ccc4[nH]3)CCO2)nc2ccccc12. The van der Waals surface area contributed by atoms with E-state index in [1.54, 1.807) is 30.1 Å². The van der Waals surface area contributed by atoms with Crippen LogP contribution in [0.25, 0.3) is 21.8 Å². The molecule has 7 nitrogen and oxygen atoms in total. The molecule has 0 spiro atoms. The van der Waals surface area contributed by atoms with Crippen LogP contribution < -0.4 is 5.32 Å². The van der Waals surface area contributed by atoms with Crippen LogP contribution in [0.5, 0.6) is 0 Å². The van der Waals surface area contributed by atoms with Crippen molar-refractivity contribution in [3.05, 3.63) is 77.4 Å². The van der Waals surface area contributed by atoms with E-state index in [1.165, 1.54) is 12.1 Å². The van der Waals surface area contributed by atoms with Gasteiger partial charge in [-0.15, -0.1) is 0 Å². The molecule has 0 aliphatic carbocycles. The van der Waals surface area contributed by atoms with Crippen LogP contribution in [0.4, 0.5) is 4.39 Å². The van der Waals surface area contributed by atoms with Crippen molar-refractivity contribution in [3.8, 4) is 0 Å². The molecule has 0 saturated carbocycles.